The molecule has 0 radical (unpaired) electrons. The van der Waals surface area contributed by atoms with Crippen molar-refractivity contribution >= 4 is 38.1 Å². The molecule has 0 aliphatic rings. The highest BCUT2D eigenvalue weighted by Crippen LogP contribution is 2.41. The number of H-pyrrole nitrogens is 1. The van der Waals surface area contributed by atoms with Crippen LogP contribution in [0.15, 0.2) is 63.5 Å². The number of benzene rings is 2. The van der Waals surface area contributed by atoms with Crippen LogP contribution in [0.1, 0.15) is 24.0 Å². The Hall–Kier alpha value is -3.89. The lowest BCUT2D eigenvalue weighted by molar-refractivity contribution is 0.277. The van der Waals surface area contributed by atoms with E-state index in [9.17, 15) is 5.11 Å². The van der Waals surface area contributed by atoms with Gasteiger partial charge in [0.25, 0.3) is 0 Å². The van der Waals surface area contributed by atoms with E-state index in [4.69, 9.17) is 9.40 Å². The van der Waals surface area contributed by atoms with Crippen molar-refractivity contribution in [3.63, 3.8) is 0 Å². The summed E-state index contributed by atoms with van der Waals surface area (Å²) in [6.45, 7) is 2.57. The van der Waals surface area contributed by atoms with E-state index in [1.165, 1.54) is 0 Å². The summed E-state index contributed by atoms with van der Waals surface area (Å²) in [6, 6.07) is 17.7. The Morgan fingerprint density at radius 2 is 1.91 bits per heavy atom. The number of tetrazole rings is 1. The highest BCUT2D eigenvalue weighted by Gasteiger charge is 2.20. The molecule has 10 heteroatoms. The zero-order valence-corrected chi connectivity index (χ0v) is 20.3. The number of nitrogens with zero attached hydrogens (tertiary/aromatic N) is 6. The van der Waals surface area contributed by atoms with E-state index < -0.39 is 0 Å². The number of pyridine rings is 1. The van der Waals surface area contributed by atoms with E-state index in [1.807, 2.05) is 48.5 Å². The van der Waals surface area contributed by atoms with Gasteiger partial charge in [-0.3, -0.25) is 0 Å². The summed E-state index contributed by atoms with van der Waals surface area (Å²) in [6.07, 6.45) is 0.777. The molecule has 0 unspecified atom stereocenters. The van der Waals surface area contributed by atoms with Crippen molar-refractivity contribution in [3.8, 4) is 22.7 Å². The molecule has 0 aliphatic carbocycles. The average molecular weight is 530 g/mol. The van der Waals surface area contributed by atoms with Crippen LogP contribution in [0.5, 0.6) is 0 Å². The third kappa shape index (κ3) is 3.71. The normalized spacial score (nSPS) is 11.6. The van der Waals surface area contributed by atoms with E-state index >= 15 is 0 Å². The van der Waals surface area contributed by atoms with Gasteiger partial charge >= 0.3 is 0 Å². The molecule has 6 aromatic rings. The number of hydrogen-bond acceptors (Lipinski definition) is 7. The van der Waals surface area contributed by atoms with Crippen LogP contribution in [-0.4, -0.2) is 40.3 Å². The molecule has 35 heavy (non-hydrogen) atoms. The fourth-order valence-electron chi connectivity index (χ4n) is 4.33. The van der Waals surface area contributed by atoms with Crippen LogP contribution in [0.4, 0.5) is 0 Å². The molecule has 2 N–H and O–H groups in total. The van der Waals surface area contributed by atoms with Crippen molar-refractivity contribution in [1.29, 1.82) is 0 Å². The van der Waals surface area contributed by atoms with Gasteiger partial charge in [0.2, 0.25) is 5.82 Å². The number of aromatic amines is 1. The maximum atomic E-state index is 9.55. The molecule has 0 aliphatic heterocycles. The minimum absolute atomic E-state index is 0.107. The fourth-order valence-corrected chi connectivity index (χ4v) is 4.94. The van der Waals surface area contributed by atoms with Crippen LogP contribution in [0, 0.1) is 0 Å². The Morgan fingerprint density at radius 3 is 2.69 bits per heavy atom. The van der Waals surface area contributed by atoms with Gasteiger partial charge in [-0.15, -0.1) is 10.2 Å². The van der Waals surface area contributed by atoms with Crippen molar-refractivity contribution in [3.05, 3.63) is 76.2 Å². The third-order valence-corrected chi connectivity index (χ3v) is 6.78. The summed E-state index contributed by atoms with van der Waals surface area (Å²) < 4.78 is 9.23. The molecule has 0 fully saturated rings. The first-order valence-electron chi connectivity index (χ1n) is 11.2. The molecule has 4 heterocycles. The van der Waals surface area contributed by atoms with Crippen LogP contribution in [0.3, 0.4) is 0 Å². The summed E-state index contributed by atoms with van der Waals surface area (Å²) in [5.74, 6) is 2.15. The minimum atomic E-state index is -0.107. The molecule has 9 nitrogen and oxygen atoms in total. The lowest BCUT2D eigenvalue weighted by Crippen LogP contribution is -2.06. The lowest BCUT2D eigenvalue weighted by Gasteiger charge is -2.08. The number of nitrogens with one attached hydrogen (secondary N) is 1. The minimum Gasteiger partial charge on any atom is -0.455 e. The Kier molecular flexibility index (Phi) is 5.39. The summed E-state index contributed by atoms with van der Waals surface area (Å²) in [4.78, 5) is 9.35. The number of hydrogen-bond donors (Lipinski definition) is 2. The van der Waals surface area contributed by atoms with Crippen LogP contribution >= 0.6 is 15.9 Å². The van der Waals surface area contributed by atoms with E-state index in [-0.39, 0.29) is 6.61 Å². The van der Waals surface area contributed by atoms with E-state index in [0.29, 0.717) is 23.8 Å². The molecule has 6 rings (SSSR count). The summed E-state index contributed by atoms with van der Waals surface area (Å²) in [5, 5.41) is 25.0. The first kappa shape index (κ1) is 21.6. The maximum Gasteiger partial charge on any atom is 0.205 e. The summed E-state index contributed by atoms with van der Waals surface area (Å²) >= 11 is 3.77. The third-order valence-electron chi connectivity index (χ3n) is 6.00. The fraction of sp³-hybridized carbons (Fsp3) is 0.160. The molecule has 0 saturated heterocycles. The molecule has 0 atom stereocenters. The summed E-state index contributed by atoms with van der Waals surface area (Å²) in [5.41, 5.74) is 5.77. The smallest absolute Gasteiger partial charge is 0.205 e. The Morgan fingerprint density at radius 1 is 1.06 bits per heavy atom. The molecule has 174 valence electrons. The average Bonchev–Trinajstić information content (AvgIpc) is 3.62. The molecule has 2 aromatic carbocycles. The number of aromatic nitrogens is 7. The summed E-state index contributed by atoms with van der Waals surface area (Å²) in [7, 11) is 0. The Bertz CT molecular complexity index is 1670. The monoisotopic (exact) mass is 529 g/mol. The van der Waals surface area contributed by atoms with Gasteiger partial charge < -0.3 is 14.1 Å². The van der Waals surface area contributed by atoms with Gasteiger partial charge in [-0.25, -0.2) is 9.97 Å². The van der Waals surface area contributed by atoms with E-state index in [2.05, 4.69) is 59.1 Å². The highest BCUT2D eigenvalue weighted by atomic mass is 79.9. The largest absolute Gasteiger partial charge is 0.455 e. The molecule has 0 saturated carbocycles. The number of halogens is 1. The van der Waals surface area contributed by atoms with E-state index in [1.54, 1.807) is 0 Å². The van der Waals surface area contributed by atoms with Gasteiger partial charge in [-0.1, -0.05) is 37.3 Å². The predicted octanol–water partition coefficient (Wildman–Crippen LogP) is 4.89. The van der Waals surface area contributed by atoms with Gasteiger partial charge in [-0.05, 0) is 51.0 Å². The second-order valence-electron chi connectivity index (χ2n) is 8.13. The highest BCUT2D eigenvalue weighted by molar-refractivity contribution is 9.10. The number of aliphatic hydroxyl groups excluding tert-OH is 1. The Balaban J connectivity index is 1.43. The number of fused-ring (bicyclic) bond motifs is 2. The second kappa shape index (κ2) is 8.71. The first-order valence-corrected chi connectivity index (χ1v) is 12.0. The van der Waals surface area contributed by atoms with Gasteiger partial charge in [0.1, 0.15) is 22.7 Å². The standard InChI is InChI=1S/C25H20BrN7O2/c1-2-21-28-19-9-8-15(13-34)27-25(19)33(21)12-14-7-10-20-18(11-14)22(26)23(35-20)16-5-3-4-6-17(16)24-29-31-32-30-24/h3-11,34H,2,12-13H2,1H3,(H,29,30,31,32). The predicted molar refractivity (Wildman–Crippen MR) is 134 cm³/mol. The second-order valence-corrected chi connectivity index (χ2v) is 8.92. The lowest BCUT2D eigenvalue weighted by atomic mass is 10.0. The number of rotatable bonds is 6. The maximum absolute atomic E-state index is 9.55. The zero-order valence-electron chi connectivity index (χ0n) is 18.7. The number of aryl methyl sites for hydroxylation is 1. The van der Waals surface area contributed by atoms with Crippen molar-refractivity contribution in [2.75, 3.05) is 0 Å². The van der Waals surface area contributed by atoms with Gasteiger partial charge in [0.05, 0.1) is 23.3 Å². The zero-order chi connectivity index (χ0) is 23.9. The van der Waals surface area contributed by atoms with Gasteiger partial charge in [0, 0.05) is 22.9 Å². The van der Waals surface area contributed by atoms with Crippen molar-refractivity contribution in [2.45, 2.75) is 26.5 Å². The molecular formula is C25H20BrN7O2. The number of aliphatic hydroxyl groups is 1. The first-order chi connectivity index (χ1) is 17.2. The van der Waals surface area contributed by atoms with Crippen LogP contribution < -0.4 is 0 Å². The Labute approximate surface area is 208 Å². The quantitative estimate of drug-likeness (QED) is 0.315. The van der Waals surface area contributed by atoms with Gasteiger partial charge in [-0.2, -0.15) is 5.21 Å². The van der Waals surface area contributed by atoms with Crippen molar-refractivity contribution in [2.24, 2.45) is 0 Å². The van der Waals surface area contributed by atoms with Crippen LogP contribution in [0.25, 0.3) is 44.8 Å². The topological polar surface area (TPSA) is 119 Å². The number of furan rings is 1. The SMILES string of the molecule is CCc1nc2ccc(CO)nc2n1Cc1ccc2oc(-c3ccccc3-c3nn[nH]n3)c(Br)c2c1. The molecule has 4 aromatic heterocycles. The van der Waals surface area contributed by atoms with Crippen molar-refractivity contribution in [1.82, 2.24) is 35.2 Å². The molecule has 0 spiro atoms. The van der Waals surface area contributed by atoms with Gasteiger partial charge in [0.15, 0.2) is 5.65 Å². The van der Waals surface area contributed by atoms with Crippen LogP contribution in [0.2, 0.25) is 0 Å². The number of imidazole rings is 1. The van der Waals surface area contributed by atoms with Crippen molar-refractivity contribution < 1.29 is 9.52 Å². The molecule has 0 amide bonds. The molecule has 0 bridgehead atoms. The van der Waals surface area contributed by atoms with Crippen LogP contribution in [-0.2, 0) is 19.6 Å². The van der Waals surface area contributed by atoms with E-state index in [0.717, 1.165) is 55.5 Å². The molecular weight excluding hydrogens is 510 g/mol.